The number of nitrogens with zero attached hydrogens (tertiary/aromatic N) is 1. The zero-order valence-corrected chi connectivity index (χ0v) is 13.7. The quantitative estimate of drug-likeness (QED) is 0.794. The summed E-state index contributed by atoms with van der Waals surface area (Å²) in [6, 6.07) is 14.1. The monoisotopic (exact) mass is 324 g/mol. The van der Waals surface area contributed by atoms with E-state index in [0.29, 0.717) is 6.42 Å². The smallest absolute Gasteiger partial charge is 0.231 e. The SMILES string of the molecule is COc1ccc(CNCCc2cc3c(cc2CC#N)OCO3)cc1. The molecule has 0 spiro atoms. The van der Waals surface area contributed by atoms with Gasteiger partial charge >= 0.3 is 0 Å². The zero-order chi connectivity index (χ0) is 16.8. The van der Waals surface area contributed by atoms with Crippen molar-refractivity contribution in [2.24, 2.45) is 0 Å². The first kappa shape index (κ1) is 16.2. The second-order valence-electron chi connectivity index (χ2n) is 5.58. The summed E-state index contributed by atoms with van der Waals surface area (Å²) in [5.41, 5.74) is 3.34. The molecule has 1 aliphatic rings. The third-order valence-electron chi connectivity index (χ3n) is 4.02. The lowest BCUT2D eigenvalue weighted by Gasteiger charge is -2.10. The largest absolute Gasteiger partial charge is 0.497 e. The Morgan fingerprint density at radius 1 is 1.12 bits per heavy atom. The van der Waals surface area contributed by atoms with E-state index in [9.17, 15) is 0 Å². The second-order valence-corrected chi connectivity index (χ2v) is 5.58. The highest BCUT2D eigenvalue weighted by molar-refractivity contribution is 5.49. The summed E-state index contributed by atoms with van der Waals surface area (Å²) in [6.07, 6.45) is 1.22. The fourth-order valence-electron chi connectivity index (χ4n) is 2.71. The number of benzene rings is 2. The summed E-state index contributed by atoms with van der Waals surface area (Å²) >= 11 is 0. The number of rotatable bonds is 7. The van der Waals surface area contributed by atoms with Gasteiger partial charge in [0.05, 0.1) is 19.6 Å². The molecule has 0 bridgehead atoms. The van der Waals surface area contributed by atoms with Crippen LogP contribution in [0.4, 0.5) is 0 Å². The standard InChI is InChI=1S/C19H20N2O3/c1-22-17-4-2-14(3-5-17)12-21-9-7-16-11-19-18(23-13-24-19)10-15(16)6-8-20/h2-5,10-11,21H,6-7,9,12-13H2,1H3. The van der Waals surface area contributed by atoms with E-state index in [1.54, 1.807) is 7.11 Å². The van der Waals surface area contributed by atoms with Gasteiger partial charge in [0.1, 0.15) is 5.75 Å². The summed E-state index contributed by atoms with van der Waals surface area (Å²) in [5.74, 6) is 2.36. The van der Waals surface area contributed by atoms with Crippen LogP contribution < -0.4 is 19.5 Å². The van der Waals surface area contributed by atoms with Crippen LogP contribution in [0.1, 0.15) is 16.7 Å². The fraction of sp³-hybridized carbons (Fsp3) is 0.316. The van der Waals surface area contributed by atoms with Gasteiger partial charge in [-0.1, -0.05) is 12.1 Å². The van der Waals surface area contributed by atoms with Gasteiger partial charge in [-0.2, -0.15) is 5.26 Å². The van der Waals surface area contributed by atoms with Crippen LogP contribution in [0, 0.1) is 11.3 Å². The van der Waals surface area contributed by atoms with E-state index < -0.39 is 0 Å². The van der Waals surface area contributed by atoms with Gasteiger partial charge in [-0.3, -0.25) is 0 Å². The molecule has 0 saturated heterocycles. The Bertz CT molecular complexity index is 736. The lowest BCUT2D eigenvalue weighted by molar-refractivity contribution is 0.174. The highest BCUT2D eigenvalue weighted by Crippen LogP contribution is 2.35. The third kappa shape index (κ3) is 3.79. The Kier molecular flexibility index (Phi) is 5.19. The van der Waals surface area contributed by atoms with Crippen LogP contribution in [-0.2, 0) is 19.4 Å². The van der Waals surface area contributed by atoms with E-state index in [-0.39, 0.29) is 6.79 Å². The van der Waals surface area contributed by atoms with Gasteiger partial charge in [-0.25, -0.2) is 0 Å². The van der Waals surface area contributed by atoms with Crippen LogP contribution >= 0.6 is 0 Å². The molecule has 5 nitrogen and oxygen atoms in total. The Balaban J connectivity index is 1.57. The molecule has 2 aromatic carbocycles. The maximum Gasteiger partial charge on any atom is 0.231 e. The van der Waals surface area contributed by atoms with Crippen LogP contribution in [0.25, 0.3) is 0 Å². The Morgan fingerprint density at radius 3 is 2.50 bits per heavy atom. The average Bonchev–Trinajstić information content (AvgIpc) is 3.06. The van der Waals surface area contributed by atoms with Crippen molar-refractivity contribution in [3.05, 3.63) is 53.1 Å². The Labute approximate surface area is 141 Å². The summed E-state index contributed by atoms with van der Waals surface area (Å²) in [4.78, 5) is 0. The molecule has 0 unspecified atom stereocenters. The van der Waals surface area contributed by atoms with E-state index in [1.165, 1.54) is 5.56 Å². The van der Waals surface area contributed by atoms with Gasteiger partial charge in [0.2, 0.25) is 6.79 Å². The normalized spacial score (nSPS) is 12.0. The fourth-order valence-corrected chi connectivity index (χ4v) is 2.71. The van der Waals surface area contributed by atoms with Crippen LogP contribution in [0.3, 0.4) is 0 Å². The van der Waals surface area contributed by atoms with Crippen molar-refractivity contribution in [3.63, 3.8) is 0 Å². The van der Waals surface area contributed by atoms with Crippen molar-refractivity contribution >= 4 is 0 Å². The van der Waals surface area contributed by atoms with E-state index in [4.69, 9.17) is 19.5 Å². The summed E-state index contributed by atoms with van der Waals surface area (Å²) in [6.45, 7) is 1.87. The molecule has 1 N–H and O–H groups in total. The van der Waals surface area contributed by atoms with Crippen LogP contribution in [-0.4, -0.2) is 20.4 Å². The third-order valence-corrected chi connectivity index (χ3v) is 4.02. The molecule has 124 valence electrons. The first-order valence-electron chi connectivity index (χ1n) is 7.92. The molecular weight excluding hydrogens is 304 g/mol. The van der Waals surface area contributed by atoms with Crippen LogP contribution in [0.15, 0.2) is 36.4 Å². The van der Waals surface area contributed by atoms with Crippen molar-refractivity contribution in [1.82, 2.24) is 5.32 Å². The molecule has 1 heterocycles. The molecule has 1 aliphatic heterocycles. The zero-order valence-electron chi connectivity index (χ0n) is 13.7. The maximum atomic E-state index is 9.01. The molecule has 2 aromatic rings. The summed E-state index contributed by atoms with van der Waals surface area (Å²) in [5, 5.41) is 12.4. The summed E-state index contributed by atoms with van der Waals surface area (Å²) < 4.78 is 16.0. The minimum atomic E-state index is 0.250. The summed E-state index contributed by atoms with van der Waals surface area (Å²) in [7, 11) is 1.66. The number of nitrogens with one attached hydrogen (secondary N) is 1. The molecule has 0 amide bonds. The molecule has 0 aromatic heterocycles. The van der Waals surface area contributed by atoms with E-state index in [2.05, 4.69) is 11.4 Å². The van der Waals surface area contributed by atoms with Crippen molar-refractivity contribution in [2.45, 2.75) is 19.4 Å². The second kappa shape index (κ2) is 7.71. The minimum absolute atomic E-state index is 0.250. The van der Waals surface area contributed by atoms with Crippen molar-refractivity contribution < 1.29 is 14.2 Å². The van der Waals surface area contributed by atoms with Crippen LogP contribution in [0.2, 0.25) is 0 Å². The molecule has 0 aliphatic carbocycles. The average molecular weight is 324 g/mol. The number of nitriles is 1. The van der Waals surface area contributed by atoms with E-state index >= 15 is 0 Å². The lowest BCUT2D eigenvalue weighted by Crippen LogP contribution is -2.17. The minimum Gasteiger partial charge on any atom is -0.497 e. The van der Waals surface area contributed by atoms with E-state index in [0.717, 1.165) is 47.9 Å². The Morgan fingerprint density at radius 2 is 1.83 bits per heavy atom. The molecule has 0 saturated carbocycles. The van der Waals surface area contributed by atoms with Gasteiger partial charge < -0.3 is 19.5 Å². The lowest BCUT2D eigenvalue weighted by atomic mass is 10.0. The van der Waals surface area contributed by atoms with Crippen molar-refractivity contribution in [3.8, 4) is 23.3 Å². The number of fused-ring (bicyclic) bond motifs is 1. The maximum absolute atomic E-state index is 9.01. The van der Waals surface area contributed by atoms with E-state index in [1.807, 2.05) is 36.4 Å². The van der Waals surface area contributed by atoms with Gasteiger partial charge in [-0.05, 0) is 53.9 Å². The molecule has 24 heavy (non-hydrogen) atoms. The Hall–Kier alpha value is -2.71. The molecule has 5 heteroatoms. The van der Waals surface area contributed by atoms with Crippen LogP contribution in [0.5, 0.6) is 17.2 Å². The highest BCUT2D eigenvalue weighted by atomic mass is 16.7. The predicted molar refractivity (Wildman–Crippen MR) is 90.3 cm³/mol. The molecule has 0 radical (unpaired) electrons. The topological polar surface area (TPSA) is 63.5 Å². The first-order valence-corrected chi connectivity index (χ1v) is 7.92. The molecular formula is C19H20N2O3. The molecule has 0 atom stereocenters. The first-order chi connectivity index (χ1) is 11.8. The molecule has 3 rings (SSSR count). The number of hydrogen-bond donors (Lipinski definition) is 1. The number of hydrogen-bond acceptors (Lipinski definition) is 5. The highest BCUT2D eigenvalue weighted by Gasteiger charge is 2.16. The molecule has 0 fully saturated rings. The van der Waals surface area contributed by atoms with Gasteiger partial charge in [-0.15, -0.1) is 0 Å². The van der Waals surface area contributed by atoms with Crippen molar-refractivity contribution in [1.29, 1.82) is 5.26 Å². The number of methoxy groups -OCH3 is 1. The number of ether oxygens (including phenoxy) is 3. The van der Waals surface area contributed by atoms with Crippen molar-refractivity contribution in [2.75, 3.05) is 20.4 Å². The van der Waals surface area contributed by atoms with Gasteiger partial charge in [0.15, 0.2) is 11.5 Å². The van der Waals surface area contributed by atoms with Gasteiger partial charge in [0.25, 0.3) is 0 Å². The predicted octanol–water partition coefficient (Wildman–Crippen LogP) is 2.82. The van der Waals surface area contributed by atoms with Gasteiger partial charge in [0, 0.05) is 6.54 Å².